The van der Waals surface area contributed by atoms with Gasteiger partial charge < -0.3 is 9.51 Å². The molecule has 0 fully saturated rings. The third-order valence-corrected chi connectivity index (χ3v) is 3.88. The molecule has 0 aliphatic heterocycles. The third kappa shape index (κ3) is 5.14. The first-order valence-corrected chi connectivity index (χ1v) is 8.78. The number of fused-ring (bicyclic) bond motifs is 1. The van der Waals surface area contributed by atoms with Gasteiger partial charge in [-0.25, -0.2) is 13.3 Å². The smallest absolute Gasteiger partial charge is 0.404 e. The molecule has 0 aliphatic carbocycles. The SMILES string of the molecule is C=CCN(CCc1c[nH]c2cccc(OP(=O)(O)O)c12)CC(F)F. The van der Waals surface area contributed by atoms with E-state index in [4.69, 9.17) is 14.3 Å². The van der Waals surface area contributed by atoms with Crippen LogP contribution in [0.1, 0.15) is 5.56 Å². The first-order valence-electron chi connectivity index (χ1n) is 7.25. The Balaban J connectivity index is 2.22. The number of benzene rings is 1. The number of nitrogens with one attached hydrogen (secondary N) is 1. The maximum absolute atomic E-state index is 12.6. The number of aromatic nitrogens is 1. The lowest BCUT2D eigenvalue weighted by molar-refractivity contribution is 0.0943. The van der Waals surface area contributed by atoms with Crippen LogP contribution in [0, 0.1) is 0 Å². The molecule has 6 nitrogen and oxygen atoms in total. The first-order chi connectivity index (χ1) is 11.3. The number of hydrogen-bond acceptors (Lipinski definition) is 3. The van der Waals surface area contributed by atoms with Crippen LogP contribution in [0.3, 0.4) is 0 Å². The maximum atomic E-state index is 12.6. The van der Waals surface area contributed by atoms with Crippen LogP contribution in [-0.4, -0.2) is 45.7 Å². The Morgan fingerprint density at radius 1 is 1.42 bits per heavy atom. The minimum Gasteiger partial charge on any atom is -0.404 e. The number of hydrogen-bond donors (Lipinski definition) is 3. The standard InChI is InChI=1S/C15H19F2N2O4P/c1-2-7-19(10-14(16)17)8-6-11-9-18-12-4-3-5-13(15(11)12)23-24(20,21)22/h2-5,9,14,18H,1,6-8,10H2,(H2,20,21,22). The molecule has 0 amide bonds. The number of phosphoric acid groups is 1. The molecule has 1 aromatic carbocycles. The summed E-state index contributed by atoms with van der Waals surface area (Å²) in [5.74, 6) is 0.0567. The van der Waals surface area contributed by atoms with E-state index in [-0.39, 0.29) is 12.3 Å². The topological polar surface area (TPSA) is 85.8 Å². The van der Waals surface area contributed by atoms with Gasteiger partial charge in [-0.15, -0.1) is 6.58 Å². The Morgan fingerprint density at radius 3 is 2.79 bits per heavy atom. The Kier molecular flexibility index (Phi) is 6.12. The fourth-order valence-electron chi connectivity index (χ4n) is 2.53. The van der Waals surface area contributed by atoms with E-state index in [1.165, 1.54) is 6.07 Å². The second kappa shape index (κ2) is 7.90. The predicted molar refractivity (Wildman–Crippen MR) is 87.3 cm³/mol. The molecule has 3 N–H and O–H groups in total. The molecule has 0 unspecified atom stereocenters. The molecule has 0 saturated carbocycles. The van der Waals surface area contributed by atoms with E-state index in [0.717, 1.165) is 5.56 Å². The summed E-state index contributed by atoms with van der Waals surface area (Å²) >= 11 is 0. The number of aromatic amines is 1. The molecular weight excluding hydrogens is 341 g/mol. The molecule has 0 atom stereocenters. The first kappa shape index (κ1) is 18.6. The zero-order valence-corrected chi connectivity index (χ0v) is 13.8. The summed E-state index contributed by atoms with van der Waals surface area (Å²) in [5, 5.41) is 0.538. The fraction of sp³-hybridized carbons (Fsp3) is 0.333. The van der Waals surface area contributed by atoms with E-state index in [1.54, 1.807) is 29.3 Å². The van der Waals surface area contributed by atoms with E-state index in [9.17, 15) is 13.3 Å². The highest BCUT2D eigenvalue weighted by atomic mass is 31.2. The molecule has 24 heavy (non-hydrogen) atoms. The largest absolute Gasteiger partial charge is 0.524 e. The van der Waals surface area contributed by atoms with Crippen molar-refractivity contribution in [1.82, 2.24) is 9.88 Å². The molecule has 9 heteroatoms. The molecule has 0 spiro atoms. The number of alkyl halides is 2. The van der Waals surface area contributed by atoms with Gasteiger partial charge in [0.15, 0.2) is 0 Å². The van der Waals surface area contributed by atoms with Crippen LogP contribution in [0.4, 0.5) is 8.78 Å². The van der Waals surface area contributed by atoms with E-state index in [1.807, 2.05) is 0 Å². The summed E-state index contributed by atoms with van der Waals surface area (Å²) in [4.78, 5) is 22.6. The van der Waals surface area contributed by atoms with Crippen molar-refractivity contribution < 1.29 is 27.7 Å². The van der Waals surface area contributed by atoms with Crippen molar-refractivity contribution in [2.45, 2.75) is 12.8 Å². The van der Waals surface area contributed by atoms with Gasteiger partial charge in [-0.05, 0) is 24.1 Å². The van der Waals surface area contributed by atoms with Gasteiger partial charge in [0.25, 0.3) is 6.43 Å². The Morgan fingerprint density at radius 2 is 2.17 bits per heavy atom. The molecule has 1 aromatic heterocycles. The highest BCUT2D eigenvalue weighted by Crippen LogP contribution is 2.41. The zero-order valence-electron chi connectivity index (χ0n) is 12.9. The lowest BCUT2D eigenvalue weighted by Crippen LogP contribution is -2.31. The van der Waals surface area contributed by atoms with E-state index in [0.29, 0.717) is 30.4 Å². The van der Waals surface area contributed by atoms with Crippen molar-refractivity contribution >= 4 is 18.7 Å². The summed E-state index contributed by atoms with van der Waals surface area (Å²) in [6, 6.07) is 4.81. The average molecular weight is 360 g/mol. The summed E-state index contributed by atoms with van der Waals surface area (Å²) in [6.07, 6.45) is 1.22. The van der Waals surface area contributed by atoms with E-state index < -0.39 is 14.2 Å². The lowest BCUT2D eigenvalue weighted by atomic mass is 10.1. The number of rotatable bonds is 9. The summed E-state index contributed by atoms with van der Waals surface area (Å²) in [7, 11) is -4.69. The summed E-state index contributed by atoms with van der Waals surface area (Å²) < 4.78 is 41.0. The molecule has 1 heterocycles. The second-order valence-corrected chi connectivity index (χ2v) is 6.43. The molecule has 0 aliphatic rings. The van der Waals surface area contributed by atoms with Crippen molar-refractivity contribution in [2.24, 2.45) is 0 Å². The zero-order chi connectivity index (χ0) is 17.7. The number of H-pyrrole nitrogens is 1. The van der Waals surface area contributed by atoms with Crippen LogP contribution in [0.15, 0.2) is 37.1 Å². The quantitative estimate of drug-likeness (QED) is 0.473. The minimum atomic E-state index is -4.69. The van der Waals surface area contributed by atoms with Crippen LogP contribution >= 0.6 is 7.82 Å². The second-order valence-electron chi connectivity index (χ2n) is 5.26. The maximum Gasteiger partial charge on any atom is 0.524 e. The summed E-state index contributed by atoms with van der Waals surface area (Å²) in [6.45, 7) is 3.88. The van der Waals surface area contributed by atoms with Gasteiger partial charge in [-0.3, -0.25) is 14.7 Å². The lowest BCUT2D eigenvalue weighted by Gasteiger charge is -2.20. The van der Waals surface area contributed by atoms with Gasteiger partial charge in [0.1, 0.15) is 5.75 Å². The molecule has 0 bridgehead atoms. The van der Waals surface area contributed by atoms with Crippen LogP contribution in [-0.2, 0) is 11.0 Å². The van der Waals surface area contributed by atoms with Crippen molar-refractivity contribution in [1.29, 1.82) is 0 Å². The molecule has 0 radical (unpaired) electrons. The average Bonchev–Trinajstić information content (AvgIpc) is 2.87. The normalized spacial score (nSPS) is 12.2. The van der Waals surface area contributed by atoms with Crippen LogP contribution in [0.5, 0.6) is 5.75 Å². The molecule has 0 saturated heterocycles. The van der Waals surface area contributed by atoms with Crippen LogP contribution in [0.25, 0.3) is 10.9 Å². The molecule has 2 aromatic rings. The van der Waals surface area contributed by atoms with Crippen LogP contribution < -0.4 is 4.52 Å². The minimum absolute atomic E-state index is 0.0567. The van der Waals surface area contributed by atoms with Gasteiger partial charge in [-0.1, -0.05) is 12.1 Å². The third-order valence-electron chi connectivity index (χ3n) is 3.45. The van der Waals surface area contributed by atoms with E-state index >= 15 is 0 Å². The highest BCUT2D eigenvalue weighted by Gasteiger charge is 2.20. The molecular formula is C15H19F2N2O4P. The monoisotopic (exact) mass is 360 g/mol. The predicted octanol–water partition coefficient (Wildman–Crippen LogP) is 2.94. The highest BCUT2D eigenvalue weighted by molar-refractivity contribution is 7.46. The Labute approximate surface area is 138 Å². The van der Waals surface area contributed by atoms with Crippen molar-refractivity contribution in [3.8, 4) is 5.75 Å². The van der Waals surface area contributed by atoms with Crippen molar-refractivity contribution in [3.05, 3.63) is 42.6 Å². The van der Waals surface area contributed by atoms with Crippen LogP contribution in [0.2, 0.25) is 0 Å². The van der Waals surface area contributed by atoms with Crippen molar-refractivity contribution in [2.75, 3.05) is 19.6 Å². The van der Waals surface area contributed by atoms with Gasteiger partial charge in [0.2, 0.25) is 0 Å². The fourth-order valence-corrected chi connectivity index (χ4v) is 2.94. The Bertz CT molecular complexity index is 744. The molecule has 2 rings (SSSR count). The van der Waals surface area contributed by atoms with Gasteiger partial charge in [-0.2, -0.15) is 0 Å². The molecule has 132 valence electrons. The Hall–Kier alpha value is -1.73. The number of halogens is 2. The van der Waals surface area contributed by atoms with E-state index in [2.05, 4.69) is 11.6 Å². The number of phosphoric ester groups is 1. The van der Waals surface area contributed by atoms with Crippen molar-refractivity contribution in [3.63, 3.8) is 0 Å². The van der Waals surface area contributed by atoms with Gasteiger partial charge in [0.05, 0.1) is 6.54 Å². The van der Waals surface area contributed by atoms with Gasteiger partial charge >= 0.3 is 7.82 Å². The summed E-state index contributed by atoms with van der Waals surface area (Å²) in [5.41, 5.74) is 1.39. The number of nitrogens with zero attached hydrogens (tertiary/aromatic N) is 1. The van der Waals surface area contributed by atoms with Gasteiger partial charge in [0, 0.05) is 30.2 Å².